The van der Waals surface area contributed by atoms with E-state index in [1.54, 1.807) is 0 Å². The standard InChI is InChI=1S/C28H29N7O/c29-20-12-19-17-34(28(36)32-7-3-1-4-8-32)11-10-33-18-24(21(13-20)27(19)33)22-14-30-15-23(22)25-16-31-26-6-2-5-9-35(25)26/h2,5-6,9,12-16,18,30H,1,3-4,7-8,10-11,17,29H2. The van der Waals surface area contributed by atoms with Gasteiger partial charge in [-0.25, -0.2) is 9.78 Å². The van der Waals surface area contributed by atoms with Crippen molar-refractivity contribution in [2.24, 2.45) is 0 Å². The summed E-state index contributed by atoms with van der Waals surface area (Å²) in [7, 11) is 0. The third-order valence-corrected chi connectivity index (χ3v) is 7.67. The van der Waals surface area contributed by atoms with Gasteiger partial charge in [0.2, 0.25) is 0 Å². The van der Waals surface area contributed by atoms with Crippen molar-refractivity contribution in [3.63, 3.8) is 0 Å². The number of nitrogens with one attached hydrogen (secondary N) is 1. The zero-order valence-corrected chi connectivity index (χ0v) is 20.2. The van der Waals surface area contributed by atoms with Crippen molar-refractivity contribution < 1.29 is 4.79 Å². The van der Waals surface area contributed by atoms with Crippen molar-refractivity contribution in [3.05, 3.63) is 66.9 Å². The average Bonchev–Trinajstić information content (AvgIpc) is 3.60. The number of anilines is 1. The van der Waals surface area contributed by atoms with Crippen LogP contribution in [0, 0.1) is 0 Å². The van der Waals surface area contributed by atoms with Gasteiger partial charge in [-0.1, -0.05) is 6.07 Å². The lowest BCUT2D eigenvalue weighted by atomic mass is 10.00. The highest BCUT2D eigenvalue weighted by Crippen LogP contribution is 2.40. The summed E-state index contributed by atoms with van der Waals surface area (Å²) in [6.07, 6.45) is 13.7. The molecule has 36 heavy (non-hydrogen) atoms. The Labute approximate surface area is 208 Å². The van der Waals surface area contributed by atoms with E-state index in [0.717, 1.165) is 77.1 Å². The van der Waals surface area contributed by atoms with E-state index in [2.05, 4.69) is 37.4 Å². The van der Waals surface area contributed by atoms with E-state index in [9.17, 15) is 4.79 Å². The first-order chi connectivity index (χ1) is 17.7. The normalized spacial score (nSPS) is 16.1. The highest BCUT2D eigenvalue weighted by molar-refractivity contribution is 6.02. The number of amides is 2. The smallest absolute Gasteiger partial charge is 0.320 e. The number of nitrogen functional groups attached to an aromatic ring is 1. The molecule has 3 N–H and O–H groups in total. The summed E-state index contributed by atoms with van der Waals surface area (Å²) < 4.78 is 4.41. The Hall–Kier alpha value is -4.20. The van der Waals surface area contributed by atoms with Gasteiger partial charge in [0, 0.05) is 85.3 Å². The van der Waals surface area contributed by atoms with Gasteiger partial charge in [-0.05, 0) is 49.1 Å². The van der Waals surface area contributed by atoms with E-state index >= 15 is 0 Å². The Kier molecular flexibility index (Phi) is 4.80. The Morgan fingerprint density at radius 1 is 0.944 bits per heavy atom. The maximum atomic E-state index is 13.3. The number of nitrogens with two attached hydrogens (primary N) is 1. The lowest BCUT2D eigenvalue weighted by Crippen LogP contribution is -2.45. The fraction of sp³-hybridized carbons (Fsp3) is 0.286. The van der Waals surface area contributed by atoms with Crippen LogP contribution in [-0.4, -0.2) is 54.4 Å². The number of pyridine rings is 1. The zero-order valence-electron chi connectivity index (χ0n) is 20.2. The molecule has 8 nitrogen and oxygen atoms in total. The second-order valence-corrected chi connectivity index (χ2v) is 9.92. The van der Waals surface area contributed by atoms with Crippen molar-refractivity contribution in [1.29, 1.82) is 0 Å². The maximum absolute atomic E-state index is 13.3. The fourth-order valence-electron chi connectivity index (χ4n) is 5.96. The molecule has 0 unspecified atom stereocenters. The van der Waals surface area contributed by atoms with Gasteiger partial charge in [0.25, 0.3) is 0 Å². The van der Waals surface area contributed by atoms with Crippen molar-refractivity contribution in [1.82, 2.24) is 28.7 Å². The van der Waals surface area contributed by atoms with Crippen molar-refractivity contribution in [2.75, 3.05) is 25.4 Å². The minimum Gasteiger partial charge on any atom is -0.399 e. The van der Waals surface area contributed by atoms with Crippen LogP contribution in [0.2, 0.25) is 0 Å². The van der Waals surface area contributed by atoms with E-state index in [1.807, 2.05) is 52.7 Å². The predicted molar refractivity (Wildman–Crippen MR) is 142 cm³/mol. The van der Waals surface area contributed by atoms with E-state index in [4.69, 9.17) is 5.73 Å². The Balaban J connectivity index is 1.32. The molecule has 1 fully saturated rings. The topological polar surface area (TPSA) is 87.6 Å². The molecule has 1 aromatic carbocycles. The Bertz CT molecular complexity index is 1600. The van der Waals surface area contributed by atoms with Gasteiger partial charge < -0.3 is 25.1 Å². The number of nitrogens with zero attached hydrogens (tertiary/aromatic N) is 5. The second-order valence-electron chi connectivity index (χ2n) is 9.92. The maximum Gasteiger partial charge on any atom is 0.320 e. The van der Waals surface area contributed by atoms with Gasteiger partial charge in [-0.2, -0.15) is 0 Å². The largest absolute Gasteiger partial charge is 0.399 e. The van der Waals surface area contributed by atoms with Gasteiger partial charge in [0.1, 0.15) is 5.65 Å². The molecule has 8 heteroatoms. The van der Waals surface area contributed by atoms with Crippen LogP contribution in [0.15, 0.2) is 61.3 Å². The molecule has 0 radical (unpaired) electrons. The van der Waals surface area contributed by atoms with Gasteiger partial charge in [-0.15, -0.1) is 0 Å². The molecule has 0 bridgehead atoms. The molecular formula is C28H29N7O. The van der Waals surface area contributed by atoms with Crippen LogP contribution in [0.3, 0.4) is 0 Å². The van der Waals surface area contributed by atoms with E-state index < -0.39 is 0 Å². The van der Waals surface area contributed by atoms with Crippen LogP contribution in [0.1, 0.15) is 24.8 Å². The summed E-state index contributed by atoms with van der Waals surface area (Å²) in [4.78, 5) is 25.2. The number of hydrogen-bond donors (Lipinski definition) is 2. The third-order valence-electron chi connectivity index (χ3n) is 7.67. The molecule has 4 aromatic heterocycles. The van der Waals surface area contributed by atoms with Crippen LogP contribution in [0.25, 0.3) is 38.9 Å². The van der Waals surface area contributed by atoms with Crippen LogP contribution < -0.4 is 5.73 Å². The van der Waals surface area contributed by atoms with E-state index in [0.29, 0.717) is 13.1 Å². The number of urea groups is 1. The molecule has 1 saturated heterocycles. The third kappa shape index (κ3) is 3.28. The van der Waals surface area contributed by atoms with Gasteiger partial charge in [0.15, 0.2) is 0 Å². The van der Waals surface area contributed by atoms with Crippen LogP contribution in [0.4, 0.5) is 10.5 Å². The Morgan fingerprint density at radius 2 is 1.81 bits per heavy atom. The Morgan fingerprint density at radius 3 is 2.69 bits per heavy atom. The summed E-state index contributed by atoms with van der Waals surface area (Å²) in [5, 5.41) is 1.12. The number of carbonyl (C=O) groups is 1. The van der Waals surface area contributed by atoms with Crippen molar-refractivity contribution in [3.8, 4) is 22.4 Å². The van der Waals surface area contributed by atoms with E-state index in [1.165, 1.54) is 11.9 Å². The molecule has 2 amide bonds. The fourth-order valence-corrected chi connectivity index (χ4v) is 5.96. The number of rotatable bonds is 2. The lowest BCUT2D eigenvalue weighted by molar-refractivity contribution is 0.140. The number of piperidine rings is 1. The molecule has 0 atom stereocenters. The molecule has 5 aromatic rings. The second kappa shape index (κ2) is 8.19. The van der Waals surface area contributed by atoms with Crippen LogP contribution in [-0.2, 0) is 13.1 Å². The molecule has 182 valence electrons. The summed E-state index contributed by atoms with van der Waals surface area (Å²) in [6, 6.07) is 10.3. The first-order valence-electron chi connectivity index (χ1n) is 12.7. The first kappa shape index (κ1) is 21.1. The summed E-state index contributed by atoms with van der Waals surface area (Å²) in [5.74, 6) is 0. The van der Waals surface area contributed by atoms with Gasteiger partial charge in [0.05, 0.1) is 17.4 Å². The number of benzene rings is 1. The molecule has 0 saturated carbocycles. The van der Waals surface area contributed by atoms with Crippen LogP contribution >= 0.6 is 0 Å². The number of carbonyl (C=O) groups excluding carboxylic acids is 1. The van der Waals surface area contributed by atoms with Crippen molar-refractivity contribution >= 4 is 28.3 Å². The number of likely N-dealkylation sites (tertiary alicyclic amines) is 1. The predicted octanol–water partition coefficient (Wildman–Crippen LogP) is 4.95. The molecule has 2 aliphatic rings. The molecule has 7 rings (SSSR count). The minimum absolute atomic E-state index is 0.150. The summed E-state index contributed by atoms with van der Waals surface area (Å²) in [5.41, 5.74) is 14.7. The van der Waals surface area contributed by atoms with Crippen molar-refractivity contribution in [2.45, 2.75) is 32.4 Å². The number of aromatic nitrogens is 4. The van der Waals surface area contributed by atoms with Crippen LogP contribution in [0.5, 0.6) is 0 Å². The quantitative estimate of drug-likeness (QED) is 0.351. The van der Waals surface area contributed by atoms with Gasteiger partial charge >= 0.3 is 6.03 Å². The zero-order chi connectivity index (χ0) is 24.2. The van der Waals surface area contributed by atoms with Gasteiger partial charge in [-0.3, -0.25) is 4.40 Å². The molecular weight excluding hydrogens is 450 g/mol. The SMILES string of the molecule is Nc1cc2c3c(c1)c(-c1c[nH]cc1-c1cnc4ccccn14)cn3CCN(C(=O)N1CCCCC1)C2. The van der Waals surface area contributed by atoms with E-state index in [-0.39, 0.29) is 6.03 Å². The highest BCUT2D eigenvalue weighted by Gasteiger charge is 2.27. The number of hydrogen-bond acceptors (Lipinski definition) is 3. The number of H-pyrrole nitrogens is 1. The lowest BCUT2D eigenvalue weighted by Gasteiger charge is -2.32. The number of imidazole rings is 1. The summed E-state index contributed by atoms with van der Waals surface area (Å²) >= 11 is 0. The number of aromatic amines is 1. The first-order valence-corrected chi connectivity index (χ1v) is 12.7. The average molecular weight is 480 g/mol. The molecule has 2 aliphatic heterocycles. The number of fused-ring (bicyclic) bond motifs is 1. The minimum atomic E-state index is 0.150. The molecule has 6 heterocycles. The molecule has 0 spiro atoms. The summed E-state index contributed by atoms with van der Waals surface area (Å²) in [6.45, 7) is 3.73. The monoisotopic (exact) mass is 479 g/mol. The highest BCUT2D eigenvalue weighted by atomic mass is 16.2. The molecule has 0 aliphatic carbocycles.